The SMILES string of the molecule is N#CC1(c2ccccc2OC(F)(F)F)CCC(=O)CC1. The molecule has 6 heteroatoms. The molecule has 106 valence electrons. The van der Waals surface area contributed by atoms with Gasteiger partial charge >= 0.3 is 6.36 Å². The van der Waals surface area contributed by atoms with Gasteiger partial charge in [-0.05, 0) is 18.9 Å². The van der Waals surface area contributed by atoms with Crippen molar-refractivity contribution in [1.29, 1.82) is 5.26 Å². The van der Waals surface area contributed by atoms with Crippen LogP contribution in [-0.2, 0) is 10.2 Å². The summed E-state index contributed by atoms with van der Waals surface area (Å²) in [6.45, 7) is 0. The van der Waals surface area contributed by atoms with Crippen LogP contribution in [-0.4, -0.2) is 12.1 Å². The van der Waals surface area contributed by atoms with E-state index in [0.717, 1.165) is 0 Å². The molecule has 20 heavy (non-hydrogen) atoms. The summed E-state index contributed by atoms with van der Waals surface area (Å²) in [7, 11) is 0. The van der Waals surface area contributed by atoms with Crippen LogP contribution in [0.15, 0.2) is 24.3 Å². The molecule has 0 atom stereocenters. The Hall–Kier alpha value is -2.03. The lowest BCUT2D eigenvalue weighted by atomic mass is 9.70. The highest BCUT2D eigenvalue weighted by molar-refractivity contribution is 5.80. The Labute approximate surface area is 114 Å². The van der Waals surface area contributed by atoms with E-state index in [-0.39, 0.29) is 42.8 Å². The predicted molar refractivity (Wildman–Crippen MR) is 63.9 cm³/mol. The monoisotopic (exact) mass is 283 g/mol. The average Bonchev–Trinajstić information content (AvgIpc) is 2.39. The molecule has 0 heterocycles. The Bertz CT molecular complexity index is 550. The fourth-order valence-corrected chi connectivity index (χ4v) is 2.47. The first-order chi connectivity index (χ1) is 9.36. The molecule has 0 aromatic heterocycles. The second kappa shape index (κ2) is 5.16. The number of alkyl halides is 3. The van der Waals surface area contributed by atoms with Gasteiger partial charge in [-0.3, -0.25) is 4.79 Å². The molecule has 1 aliphatic rings. The van der Waals surface area contributed by atoms with Crippen LogP contribution in [0.2, 0.25) is 0 Å². The van der Waals surface area contributed by atoms with Gasteiger partial charge in [0, 0.05) is 18.4 Å². The molecule has 0 spiro atoms. The van der Waals surface area contributed by atoms with E-state index >= 15 is 0 Å². The van der Waals surface area contributed by atoms with Crippen molar-refractivity contribution >= 4 is 5.78 Å². The number of ether oxygens (including phenoxy) is 1. The van der Waals surface area contributed by atoms with E-state index in [0.29, 0.717) is 0 Å². The molecule has 0 bridgehead atoms. The molecule has 1 saturated carbocycles. The minimum Gasteiger partial charge on any atom is -0.405 e. The first-order valence-electron chi connectivity index (χ1n) is 6.14. The molecule has 1 aromatic rings. The number of para-hydroxylation sites is 1. The molecule has 1 aliphatic carbocycles. The number of carbonyl (C=O) groups is 1. The maximum atomic E-state index is 12.4. The van der Waals surface area contributed by atoms with Crippen LogP contribution in [0, 0.1) is 11.3 Å². The van der Waals surface area contributed by atoms with Gasteiger partial charge in [0.1, 0.15) is 11.5 Å². The van der Waals surface area contributed by atoms with Gasteiger partial charge in [0.2, 0.25) is 0 Å². The lowest BCUT2D eigenvalue weighted by Gasteiger charge is -2.31. The van der Waals surface area contributed by atoms with Crippen molar-refractivity contribution in [3.63, 3.8) is 0 Å². The van der Waals surface area contributed by atoms with Gasteiger partial charge in [0.05, 0.1) is 11.5 Å². The standard InChI is InChI=1S/C14H12F3NO2/c15-14(16,17)20-12-4-2-1-3-11(12)13(9-18)7-5-10(19)6-8-13/h1-4H,5-8H2. The maximum absolute atomic E-state index is 12.4. The first-order valence-corrected chi connectivity index (χ1v) is 6.14. The summed E-state index contributed by atoms with van der Waals surface area (Å²) in [5, 5.41) is 9.41. The van der Waals surface area contributed by atoms with Crippen LogP contribution in [0.3, 0.4) is 0 Å². The molecule has 1 fully saturated rings. The normalized spacial score (nSPS) is 18.4. The van der Waals surface area contributed by atoms with Crippen molar-refractivity contribution in [3.05, 3.63) is 29.8 Å². The number of nitriles is 1. The van der Waals surface area contributed by atoms with Crippen molar-refractivity contribution in [2.24, 2.45) is 0 Å². The third kappa shape index (κ3) is 2.93. The van der Waals surface area contributed by atoms with Crippen LogP contribution in [0.4, 0.5) is 13.2 Å². The highest BCUT2D eigenvalue weighted by Crippen LogP contribution is 2.43. The third-order valence-electron chi connectivity index (χ3n) is 3.50. The first kappa shape index (κ1) is 14.4. The molecule has 0 unspecified atom stereocenters. The number of carbonyl (C=O) groups excluding carboxylic acids is 1. The van der Waals surface area contributed by atoms with Crippen molar-refractivity contribution in [3.8, 4) is 11.8 Å². The second-order valence-electron chi connectivity index (χ2n) is 4.78. The summed E-state index contributed by atoms with van der Waals surface area (Å²) >= 11 is 0. The summed E-state index contributed by atoms with van der Waals surface area (Å²) in [4.78, 5) is 11.3. The average molecular weight is 283 g/mol. The smallest absolute Gasteiger partial charge is 0.405 e. The van der Waals surface area contributed by atoms with Gasteiger partial charge in [0.15, 0.2) is 0 Å². The van der Waals surface area contributed by atoms with Gasteiger partial charge in [-0.2, -0.15) is 5.26 Å². The molecule has 0 aliphatic heterocycles. The third-order valence-corrected chi connectivity index (χ3v) is 3.50. The topological polar surface area (TPSA) is 50.1 Å². The van der Waals surface area contributed by atoms with E-state index in [4.69, 9.17) is 0 Å². The number of rotatable bonds is 2. The Morgan fingerprint density at radius 1 is 1.20 bits per heavy atom. The zero-order valence-corrected chi connectivity index (χ0v) is 10.5. The summed E-state index contributed by atoms with van der Waals surface area (Å²) in [6, 6.07) is 7.72. The van der Waals surface area contributed by atoms with Crippen LogP contribution in [0.25, 0.3) is 0 Å². The molecule has 2 rings (SSSR count). The zero-order chi connectivity index (χ0) is 14.8. The Morgan fingerprint density at radius 3 is 2.35 bits per heavy atom. The number of hydrogen-bond acceptors (Lipinski definition) is 3. The quantitative estimate of drug-likeness (QED) is 0.834. The zero-order valence-electron chi connectivity index (χ0n) is 10.5. The van der Waals surface area contributed by atoms with Gasteiger partial charge in [-0.1, -0.05) is 18.2 Å². The van der Waals surface area contributed by atoms with Gasteiger partial charge in [-0.15, -0.1) is 13.2 Å². The number of benzene rings is 1. The lowest BCUT2D eigenvalue weighted by molar-refractivity contribution is -0.275. The Morgan fingerprint density at radius 2 is 1.80 bits per heavy atom. The Balaban J connectivity index is 2.41. The van der Waals surface area contributed by atoms with E-state index in [9.17, 15) is 23.2 Å². The summed E-state index contributed by atoms with van der Waals surface area (Å²) in [5.41, 5.74) is -0.886. The predicted octanol–water partition coefficient (Wildman–Crippen LogP) is 3.49. The van der Waals surface area contributed by atoms with Crippen LogP contribution < -0.4 is 4.74 Å². The molecule has 0 radical (unpaired) electrons. The highest BCUT2D eigenvalue weighted by Gasteiger charge is 2.41. The number of nitrogens with zero attached hydrogens (tertiary/aromatic N) is 1. The maximum Gasteiger partial charge on any atom is 0.573 e. The fourth-order valence-electron chi connectivity index (χ4n) is 2.47. The van der Waals surface area contributed by atoms with Crippen molar-refractivity contribution in [2.75, 3.05) is 0 Å². The largest absolute Gasteiger partial charge is 0.573 e. The molecular weight excluding hydrogens is 271 g/mol. The van der Waals surface area contributed by atoms with E-state index in [1.807, 2.05) is 0 Å². The summed E-state index contributed by atoms with van der Waals surface area (Å²) in [5.74, 6) is -0.332. The van der Waals surface area contributed by atoms with Crippen molar-refractivity contribution < 1.29 is 22.7 Å². The van der Waals surface area contributed by atoms with E-state index < -0.39 is 11.8 Å². The molecule has 0 saturated heterocycles. The number of ketones is 1. The van der Waals surface area contributed by atoms with Gasteiger partial charge in [0.25, 0.3) is 0 Å². The minimum absolute atomic E-state index is 0.0325. The van der Waals surface area contributed by atoms with E-state index in [1.54, 1.807) is 6.07 Å². The molecule has 0 amide bonds. The molecule has 0 N–H and O–H groups in total. The van der Waals surface area contributed by atoms with Crippen LogP contribution >= 0.6 is 0 Å². The van der Waals surface area contributed by atoms with Gasteiger partial charge in [-0.25, -0.2) is 0 Å². The van der Waals surface area contributed by atoms with Crippen molar-refractivity contribution in [2.45, 2.75) is 37.5 Å². The fraction of sp³-hybridized carbons (Fsp3) is 0.429. The molecule has 1 aromatic carbocycles. The molecule has 3 nitrogen and oxygen atoms in total. The van der Waals surface area contributed by atoms with E-state index in [2.05, 4.69) is 10.8 Å². The summed E-state index contributed by atoms with van der Waals surface area (Å²) < 4.78 is 41.3. The number of Topliss-reactive ketones (excluding diaryl/α,β-unsaturated/α-hetero) is 1. The minimum atomic E-state index is -4.81. The lowest BCUT2D eigenvalue weighted by Crippen LogP contribution is -2.31. The number of hydrogen-bond donors (Lipinski definition) is 0. The van der Waals surface area contributed by atoms with Gasteiger partial charge < -0.3 is 4.74 Å². The summed E-state index contributed by atoms with van der Waals surface area (Å²) in [6.07, 6.45) is -3.96. The molecular formula is C14H12F3NO2. The van der Waals surface area contributed by atoms with Crippen LogP contribution in [0.5, 0.6) is 5.75 Å². The van der Waals surface area contributed by atoms with Crippen molar-refractivity contribution in [1.82, 2.24) is 0 Å². The Kier molecular flexibility index (Phi) is 3.71. The highest BCUT2D eigenvalue weighted by atomic mass is 19.4. The number of halogens is 3. The van der Waals surface area contributed by atoms with Crippen LogP contribution in [0.1, 0.15) is 31.2 Å². The second-order valence-corrected chi connectivity index (χ2v) is 4.78. The van der Waals surface area contributed by atoms with E-state index in [1.165, 1.54) is 18.2 Å².